The van der Waals surface area contributed by atoms with Crippen molar-refractivity contribution in [2.45, 2.75) is 0 Å². The molecule has 6 heteroatoms. The van der Waals surface area contributed by atoms with Gasteiger partial charge in [-0.3, -0.25) is 0 Å². The van der Waals surface area contributed by atoms with Gasteiger partial charge in [-0.25, -0.2) is 4.68 Å². The number of benzene rings is 1. The van der Waals surface area contributed by atoms with E-state index in [0.717, 1.165) is 11.3 Å². The molecule has 2 aromatic heterocycles. The summed E-state index contributed by atoms with van der Waals surface area (Å²) in [5.74, 6) is 1.06. The summed E-state index contributed by atoms with van der Waals surface area (Å²) < 4.78 is 1.57. The number of nitrogen functional groups attached to an aromatic ring is 1. The van der Waals surface area contributed by atoms with Gasteiger partial charge in [0.05, 0.1) is 5.69 Å². The van der Waals surface area contributed by atoms with Gasteiger partial charge in [-0.1, -0.05) is 23.7 Å². The Hall–Kier alpha value is -2.40. The van der Waals surface area contributed by atoms with Crippen molar-refractivity contribution in [3.8, 4) is 17.1 Å². The quantitative estimate of drug-likeness (QED) is 0.778. The first-order valence-electron chi connectivity index (χ1n) is 5.63. The minimum Gasteiger partial charge on any atom is -0.382 e. The van der Waals surface area contributed by atoms with Crippen LogP contribution in [0.4, 0.5) is 5.82 Å². The minimum atomic E-state index is 0.445. The summed E-state index contributed by atoms with van der Waals surface area (Å²) in [4.78, 5) is 0. The van der Waals surface area contributed by atoms with E-state index in [1.165, 1.54) is 0 Å². The van der Waals surface area contributed by atoms with Gasteiger partial charge in [0.2, 0.25) is 0 Å². The van der Waals surface area contributed by atoms with Gasteiger partial charge in [0.15, 0.2) is 5.82 Å². The summed E-state index contributed by atoms with van der Waals surface area (Å²) in [6, 6.07) is 12.9. The van der Waals surface area contributed by atoms with Gasteiger partial charge in [-0.2, -0.15) is 0 Å². The van der Waals surface area contributed by atoms with Crippen molar-refractivity contribution >= 4 is 17.4 Å². The highest BCUT2D eigenvalue weighted by Crippen LogP contribution is 2.20. The van der Waals surface area contributed by atoms with Gasteiger partial charge in [0.1, 0.15) is 5.82 Å². The van der Waals surface area contributed by atoms with E-state index in [1.54, 1.807) is 16.9 Å². The van der Waals surface area contributed by atoms with Crippen LogP contribution in [-0.2, 0) is 0 Å². The zero-order valence-electron chi connectivity index (χ0n) is 9.86. The Balaban J connectivity index is 1.95. The van der Waals surface area contributed by atoms with Gasteiger partial charge < -0.3 is 5.73 Å². The standard InChI is InChI=1S/C13H10ClN5/c14-10-3-1-2-9(8-10)11-4-5-13(17-16-11)19-7-6-12(15)18-19/h1-8H,(H2,15,18). The van der Waals surface area contributed by atoms with E-state index in [2.05, 4.69) is 15.3 Å². The third-order valence-electron chi connectivity index (χ3n) is 2.62. The molecule has 2 heterocycles. The fraction of sp³-hybridized carbons (Fsp3) is 0. The highest BCUT2D eigenvalue weighted by molar-refractivity contribution is 6.30. The van der Waals surface area contributed by atoms with Crippen molar-refractivity contribution in [3.05, 3.63) is 53.7 Å². The molecule has 0 bridgehead atoms. The molecular weight excluding hydrogens is 262 g/mol. The lowest BCUT2D eigenvalue weighted by atomic mass is 10.1. The number of nitrogens with zero attached hydrogens (tertiary/aromatic N) is 4. The largest absolute Gasteiger partial charge is 0.382 e. The average Bonchev–Trinajstić information content (AvgIpc) is 2.86. The second-order valence-corrected chi connectivity index (χ2v) is 4.41. The SMILES string of the molecule is Nc1ccn(-c2ccc(-c3cccc(Cl)c3)nn2)n1. The monoisotopic (exact) mass is 271 g/mol. The topological polar surface area (TPSA) is 69.6 Å². The van der Waals surface area contributed by atoms with Gasteiger partial charge in [-0.15, -0.1) is 15.3 Å². The number of rotatable bonds is 2. The first-order valence-corrected chi connectivity index (χ1v) is 6.01. The molecule has 0 saturated carbocycles. The molecular formula is C13H10ClN5. The zero-order valence-corrected chi connectivity index (χ0v) is 10.6. The lowest BCUT2D eigenvalue weighted by molar-refractivity contribution is 0.820. The number of hydrogen-bond acceptors (Lipinski definition) is 4. The van der Waals surface area contributed by atoms with E-state index in [0.29, 0.717) is 16.7 Å². The van der Waals surface area contributed by atoms with Crippen LogP contribution >= 0.6 is 11.6 Å². The lowest BCUT2D eigenvalue weighted by Gasteiger charge is -2.02. The summed E-state index contributed by atoms with van der Waals surface area (Å²) in [7, 11) is 0. The molecule has 2 N–H and O–H groups in total. The van der Waals surface area contributed by atoms with Crippen molar-refractivity contribution in [3.63, 3.8) is 0 Å². The molecule has 0 saturated heterocycles. The van der Waals surface area contributed by atoms with Crippen LogP contribution in [0.15, 0.2) is 48.7 Å². The van der Waals surface area contributed by atoms with E-state index in [-0.39, 0.29) is 0 Å². The summed E-state index contributed by atoms with van der Waals surface area (Å²) >= 11 is 5.95. The van der Waals surface area contributed by atoms with Crippen LogP contribution in [0.5, 0.6) is 0 Å². The Labute approximate surface area is 114 Å². The van der Waals surface area contributed by atoms with Crippen LogP contribution in [0, 0.1) is 0 Å². The van der Waals surface area contributed by atoms with Gasteiger partial charge in [0.25, 0.3) is 0 Å². The first-order chi connectivity index (χ1) is 9.22. The Kier molecular flexibility index (Phi) is 2.89. The molecule has 3 aromatic rings. The van der Waals surface area contributed by atoms with Crippen LogP contribution in [0.25, 0.3) is 17.1 Å². The predicted octanol–water partition coefficient (Wildman–Crippen LogP) is 2.56. The van der Waals surface area contributed by atoms with E-state index >= 15 is 0 Å². The number of hydrogen-bond donors (Lipinski definition) is 1. The summed E-state index contributed by atoms with van der Waals surface area (Å²) in [5, 5.41) is 13.0. The van der Waals surface area contributed by atoms with Crippen molar-refractivity contribution in [1.29, 1.82) is 0 Å². The Bertz CT molecular complexity index is 705. The van der Waals surface area contributed by atoms with E-state index in [9.17, 15) is 0 Å². The fourth-order valence-electron chi connectivity index (χ4n) is 1.71. The van der Waals surface area contributed by atoms with Crippen molar-refractivity contribution in [2.24, 2.45) is 0 Å². The lowest BCUT2D eigenvalue weighted by Crippen LogP contribution is -2.01. The zero-order chi connectivity index (χ0) is 13.2. The third-order valence-corrected chi connectivity index (χ3v) is 2.85. The number of nitrogens with two attached hydrogens (primary N) is 1. The van der Waals surface area contributed by atoms with Crippen molar-refractivity contribution in [2.75, 3.05) is 5.73 Å². The highest BCUT2D eigenvalue weighted by Gasteiger charge is 2.04. The maximum atomic E-state index is 5.95. The average molecular weight is 272 g/mol. The third kappa shape index (κ3) is 2.41. The first kappa shape index (κ1) is 11.7. The Morgan fingerprint density at radius 1 is 1.05 bits per heavy atom. The van der Waals surface area contributed by atoms with Crippen LogP contribution in [-0.4, -0.2) is 20.0 Å². The molecule has 0 aliphatic carbocycles. The smallest absolute Gasteiger partial charge is 0.175 e. The summed E-state index contributed by atoms with van der Waals surface area (Å²) in [5.41, 5.74) is 7.24. The molecule has 3 rings (SSSR count). The number of halogens is 1. The molecule has 1 aromatic carbocycles. The maximum Gasteiger partial charge on any atom is 0.175 e. The molecule has 0 amide bonds. The van der Waals surface area contributed by atoms with Gasteiger partial charge >= 0.3 is 0 Å². The van der Waals surface area contributed by atoms with Crippen molar-refractivity contribution < 1.29 is 0 Å². The van der Waals surface area contributed by atoms with Crippen LogP contribution in [0.1, 0.15) is 0 Å². The molecule has 5 nitrogen and oxygen atoms in total. The van der Waals surface area contributed by atoms with Crippen molar-refractivity contribution in [1.82, 2.24) is 20.0 Å². The maximum absolute atomic E-state index is 5.95. The normalized spacial score (nSPS) is 10.6. The van der Waals surface area contributed by atoms with Gasteiger partial charge in [-0.05, 0) is 24.3 Å². The number of aromatic nitrogens is 4. The van der Waals surface area contributed by atoms with Crippen LogP contribution in [0.2, 0.25) is 5.02 Å². The molecule has 0 atom stereocenters. The molecule has 0 fully saturated rings. The van der Waals surface area contributed by atoms with E-state index in [4.69, 9.17) is 17.3 Å². The summed E-state index contributed by atoms with van der Waals surface area (Å²) in [6.07, 6.45) is 1.73. The second-order valence-electron chi connectivity index (χ2n) is 3.97. The van der Waals surface area contributed by atoms with Crippen LogP contribution in [0.3, 0.4) is 0 Å². The molecule has 94 valence electrons. The molecule has 0 spiro atoms. The highest BCUT2D eigenvalue weighted by atomic mass is 35.5. The Morgan fingerprint density at radius 3 is 2.58 bits per heavy atom. The second kappa shape index (κ2) is 4.70. The molecule has 0 radical (unpaired) electrons. The molecule has 0 unspecified atom stereocenters. The van der Waals surface area contributed by atoms with E-state index in [1.807, 2.05) is 36.4 Å². The Morgan fingerprint density at radius 2 is 1.95 bits per heavy atom. The molecule has 0 aliphatic rings. The summed E-state index contributed by atoms with van der Waals surface area (Å²) in [6.45, 7) is 0. The predicted molar refractivity (Wildman–Crippen MR) is 74.0 cm³/mol. The van der Waals surface area contributed by atoms with E-state index < -0.39 is 0 Å². The molecule has 0 aliphatic heterocycles. The fourth-order valence-corrected chi connectivity index (χ4v) is 1.91. The number of anilines is 1. The van der Waals surface area contributed by atoms with Gasteiger partial charge in [0, 0.05) is 22.8 Å². The van der Waals surface area contributed by atoms with Crippen LogP contribution < -0.4 is 5.73 Å². The minimum absolute atomic E-state index is 0.445. The molecule has 19 heavy (non-hydrogen) atoms.